The Morgan fingerprint density at radius 3 is 2.52 bits per heavy atom. The zero-order valence-corrected chi connectivity index (χ0v) is 14.4. The standard InChI is InChI=1S/C14H29N3O3Si/c1-18-21(19-2,20-3)13-5-7-14-6-4-11-17(14)12-10-16-9-8-15/h4,6,11,16H,5,7-10,12-13,15H2,1-3H3. The second-order valence-electron chi connectivity index (χ2n) is 4.88. The molecular formula is C14H29N3O3Si. The zero-order chi connectivity index (χ0) is 15.6. The van der Waals surface area contributed by atoms with E-state index in [1.165, 1.54) is 5.69 Å². The highest BCUT2D eigenvalue weighted by atomic mass is 28.4. The van der Waals surface area contributed by atoms with Crippen LogP contribution in [-0.4, -0.2) is 54.3 Å². The van der Waals surface area contributed by atoms with Crippen molar-refractivity contribution in [1.29, 1.82) is 0 Å². The third-order valence-electron chi connectivity index (χ3n) is 3.62. The first-order valence-corrected chi connectivity index (χ1v) is 9.34. The second-order valence-corrected chi connectivity index (χ2v) is 7.97. The molecular weight excluding hydrogens is 286 g/mol. The molecule has 6 nitrogen and oxygen atoms in total. The largest absolute Gasteiger partial charge is 0.500 e. The predicted octanol–water partition coefficient (Wildman–Crippen LogP) is 0.847. The summed E-state index contributed by atoms with van der Waals surface area (Å²) in [6, 6.07) is 5.08. The predicted molar refractivity (Wildman–Crippen MR) is 86.3 cm³/mol. The minimum absolute atomic E-state index is 0.677. The Kier molecular flexibility index (Phi) is 8.82. The fraction of sp³-hybridized carbons (Fsp3) is 0.714. The van der Waals surface area contributed by atoms with Gasteiger partial charge in [0, 0.05) is 65.4 Å². The van der Waals surface area contributed by atoms with Gasteiger partial charge in [0.05, 0.1) is 0 Å². The fourth-order valence-corrected chi connectivity index (χ4v) is 4.09. The number of nitrogens with one attached hydrogen (secondary N) is 1. The van der Waals surface area contributed by atoms with Crippen LogP contribution < -0.4 is 11.1 Å². The summed E-state index contributed by atoms with van der Waals surface area (Å²) in [6.07, 6.45) is 4.10. The van der Waals surface area contributed by atoms with Crippen LogP contribution >= 0.6 is 0 Å². The van der Waals surface area contributed by atoms with Crippen molar-refractivity contribution in [3.8, 4) is 0 Å². The molecule has 0 atom stereocenters. The van der Waals surface area contributed by atoms with Crippen molar-refractivity contribution in [2.45, 2.75) is 25.4 Å². The first-order valence-electron chi connectivity index (χ1n) is 7.41. The van der Waals surface area contributed by atoms with Crippen LogP contribution in [0.25, 0.3) is 0 Å². The van der Waals surface area contributed by atoms with Gasteiger partial charge in [-0.25, -0.2) is 0 Å². The molecule has 0 saturated heterocycles. The number of aromatic nitrogens is 1. The van der Waals surface area contributed by atoms with E-state index in [0.29, 0.717) is 6.54 Å². The van der Waals surface area contributed by atoms with Gasteiger partial charge in [0.1, 0.15) is 0 Å². The van der Waals surface area contributed by atoms with Crippen molar-refractivity contribution >= 4 is 8.80 Å². The highest BCUT2D eigenvalue weighted by Gasteiger charge is 2.36. The molecule has 1 heterocycles. The van der Waals surface area contributed by atoms with E-state index in [1.54, 1.807) is 21.3 Å². The maximum Gasteiger partial charge on any atom is 0.500 e. The third kappa shape index (κ3) is 5.89. The molecule has 0 radical (unpaired) electrons. The van der Waals surface area contributed by atoms with E-state index in [9.17, 15) is 0 Å². The van der Waals surface area contributed by atoms with Crippen LogP contribution in [0.4, 0.5) is 0 Å². The summed E-state index contributed by atoms with van der Waals surface area (Å²) in [7, 11) is 2.53. The van der Waals surface area contributed by atoms with Gasteiger partial charge in [0.15, 0.2) is 0 Å². The van der Waals surface area contributed by atoms with Crippen LogP contribution in [0, 0.1) is 0 Å². The monoisotopic (exact) mass is 315 g/mol. The number of nitrogens with zero attached hydrogens (tertiary/aromatic N) is 1. The van der Waals surface area contributed by atoms with Crippen LogP contribution in [0.3, 0.4) is 0 Å². The average Bonchev–Trinajstić information content (AvgIpc) is 2.96. The molecule has 0 amide bonds. The second kappa shape index (κ2) is 10.1. The summed E-state index contributed by atoms with van der Waals surface area (Å²) in [5.41, 5.74) is 6.79. The van der Waals surface area contributed by atoms with E-state index in [1.807, 2.05) is 0 Å². The average molecular weight is 315 g/mol. The van der Waals surface area contributed by atoms with Crippen molar-refractivity contribution in [2.75, 3.05) is 41.0 Å². The van der Waals surface area contributed by atoms with E-state index in [4.69, 9.17) is 19.0 Å². The van der Waals surface area contributed by atoms with Gasteiger partial charge >= 0.3 is 8.80 Å². The summed E-state index contributed by atoms with van der Waals surface area (Å²) < 4.78 is 18.6. The molecule has 0 fully saturated rings. The highest BCUT2D eigenvalue weighted by molar-refractivity contribution is 6.60. The van der Waals surface area contributed by atoms with E-state index >= 15 is 0 Å². The van der Waals surface area contributed by atoms with Gasteiger partial charge in [-0.3, -0.25) is 0 Å². The number of nitrogens with two attached hydrogens (primary N) is 1. The van der Waals surface area contributed by atoms with Crippen LogP contribution in [-0.2, 0) is 26.2 Å². The molecule has 7 heteroatoms. The number of hydrogen-bond donors (Lipinski definition) is 2. The molecule has 1 aromatic heterocycles. The number of aryl methyl sites for hydroxylation is 1. The van der Waals surface area contributed by atoms with Gasteiger partial charge < -0.3 is 28.9 Å². The van der Waals surface area contributed by atoms with Crippen LogP contribution in [0.5, 0.6) is 0 Å². The first kappa shape index (κ1) is 18.3. The molecule has 0 spiro atoms. The Labute approximate surface area is 128 Å². The molecule has 0 bridgehead atoms. The smallest absolute Gasteiger partial charge is 0.377 e. The van der Waals surface area contributed by atoms with Gasteiger partial charge in [-0.2, -0.15) is 0 Å². The van der Waals surface area contributed by atoms with Crippen LogP contribution in [0.15, 0.2) is 18.3 Å². The van der Waals surface area contributed by atoms with Crippen molar-refractivity contribution in [1.82, 2.24) is 9.88 Å². The fourth-order valence-electron chi connectivity index (χ4n) is 2.36. The van der Waals surface area contributed by atoms with Gasteiger partial charge in [-0.1, -0.05) is 0 Å². The molecule has 0 aliphatic rings. The lowest BCUT2D eigenvalue weighted by atomic mass is 10.2. The topological polar surface area (TPSA) is 70.7 Å². The molecule has 0 aliphatic carbocycles. The zero-order valence-electron chi connectivity index (χ0n) is 13.4. The minimum atomic E-state index is -2.44. The number of rotatable bonds is 12. The quantitative estimate of drug-likeness (QED) is 0.442. The highest BCUT2D eigenvalue weighted by Crippen LogP contribution is 2.17. The van der Waals surface area contributed by atoms with E-state index in [2.05, 4.69) is 28.2 Å². The number of hydrogen-bond acceptors (Lipinski definition) is 5. The minimum Gasteiger partial charge on any atom is -0.377 e. The third-order valence-corrected chi connectivity index (χ3v) is 6.45. The normalized spacial score (nSPS) is 12.0. The summed E-state index contributed by atoms with van der Waals surface area (Å²) in [4.78, 5) is 0. The summed E-state index contributed by atoms with van der Waals surface area (Å²) in [5.74, 6) is 0. The molecule has 0 aliphatic heterocycles. The molecule has 21 heavy (non-hydrogen) atoms. The molecule has 0 unspecified atom stereocenters. The SMILES string of the molecule is CO[Si](CCCc1cccn1CCNCCN)(OC)OC. The molecule has 1 aromatic rings. The maximum atomic E-state index is 5.46. The van der Waals surface area contributed by atoms with E-state index < -0.39 is 8.80 Å². The molecule has 0 aromatic carbocycles. The van der Waals surface area contributed by atoms with E-state index in [0.717, 1.165) is 38.5 Å². The lowest BCUT2D eigenvalue weighted by Crippen LogP contribution is -2.42. The van der Waals surface area contributed by atoms with Crippen molar-refractivity contribution in [2.24, 2.45) is 5.73 Å². The van der Waals surface area contributed by atoms with E-state index in [-0.39, 0.29) is 0 Å². The molecule has 1 rings (SSSR count). The maximum absolute atomic E-state index is 5.46. The van der Waals surface area contributed by atoms with Gasteiger partial charge in [0.25, 0.3) is 0 Å². The van der Waals surface area contributed by atoms with Crippen molar-refractivity contribution in [3.63, 3.8) is 0 Å². The lowest BCUT2D eigenvalue weighted by molar-refractivity contribution is 0.123. The van der Waals surface area contributed by atoms with Crippen molar-refractivity contribution in [3.05, 3.63) is 24.0 Å². The van der Waals surface area contributed by atoms with Gasteiger partial charge in [0.2, 0.25) is 0 Å². The molecule has 3 N–H and O–H groups in total. The summed E-state index contributed by atoms with van der Waals surface area (Å²) in [6.45, 7) is 3.44. The Hall–Kier alpha value is -0.703. The van der Waals surface area contributed by atoms with Crippen LogP contribution in [0.1, 0.15) is 12.1 Å². The Bertz CT molecular complexity index is 375. The summed E-state index contributed by atoms with van der Waals surface area (Å²) in [5, 5.41) is 3.31. The van der Waals surface area contributed by atoms with Gasteiger partial charge in [-0.15, -0.1) is 0 Å². The molecule has 122 valence electrons. The Morgan fingerprint density at radius 2 is 1.90 bits per heavy atom. The first-order chi connectivity index (χ1) is 10.2. The summed E-state index contributed by atoms with van der Waals surface area (Å²) >= 11 is 0. The molecule has 0 saturated carbocycles. The Balaban J connectivity index is 2.40. The lowest BCUT2D eigenvalue weighted by Gasteiger charge is -2.24. The van der Waals surface area contributed by atoms with Gasteiger partial charge in [-0.05, 0) is 25.0 Å². The Morgan fingerprint density at radius 1 is 1.19 bits per heavy atom. The van der Waals surface area contributed by atoms with Crippen LogP contribution in [0.2, 0.25) is 6.04 Å². The van der Waals surface area contributed by atoms with Crippen molar-refractivity contribution < 1.29 is 13.3 Å².